The zero-order valence-corrected chi connectivity index (χ0v) is 17.9. The second-order valence-electron chi connectivity index (χ2n) is 7.26. The van der Waals surface area contributed by atoms with E-state index >= 15 is 0 Å². The minimum Gasteiger partial charge on any atom is -0.497 e. The van der Waals surface area contributed by atoms with Crippen LogP contribution in [0.4, 0.5) is 0 Å². The average molecular weight is 404 g/mol. The summed E-state index contributed by atoms with van der Waals surface area (Å²) in [5.41, 5.74) is 0.488. The lowest BCUT2D eigenvalue weighted by atomic mass is 9.88. The molecule has 1 aliphatic rings. The molecule has 3 amide bonds. The van der Waals surface area contributed by atoms with Gasteiger partial charge in [-0.1, -0.05) is 6.92 Å². The Balaban J connectivity index is 2.15. The van der Waals surface area contributed by atoms with Crippen molar-refractivity contribution in [3.8, 4) is 5.75 Å². The van der Waals surface area contributed by atoms with Crippen molar-refractivity contribution in [3.63, 3.8) is 0 Å². The Hall–Kier alpha value is -2.57. The van der Waals surface area contributed by atoms with Crippen molar-refractivity contribution in [3.05, 3.63) is 29.8 Å². The molecule has 0 unspecified atom stereocenters. The molecule has 1 aliphatic heterocycles. The Morgan fingerprint density at radius 1 is 1.10 bits per heavy atom. The van der Waals surface area contributed by atoms with Crippen molar-refractivity contribution < 1.29 is 19.1 Å². The quantitative estimate of drug-likeness (QED) is 0.722. The molecule has 2 rings (SSSR count). The molecule has 0 aromatic heterocycles. The minimum atomic E-state index is -0.594. The van der Waals surface area contributed by atoms with Crippen molar-refractivity contribution >= 4 is 17.7 Å². The number of likely N-dealkylation sites (tertiary alicyclic amines) is 1. The third-order valence-corrected chi connectivity index (χ3v) is 5.65. The van der Waals surface area contributed by atoms with Gasteiger partial charge in [0.25, 0.3) is 5.91 Å². The molecule has 1 N–H and O–H groups in total. The third kappa shape index (κ3) is 5.71. The molecule has 1 fully saturated rings. The van der Waals surface area contributed by atoms with Crippen LogP contribution >= 0.6 is 0 Å². The summed E-state index contributed by atoms with van der Waals surface area (Å²) in [4.78, 5) is 41.6. The second-order valence-corrected chi connectivity index (χ2v) is 7.26. The molecule has 1 heterocycles. The van der Waals surface area contributed by atoms with Crippen molar-refractivity contribution in [1.29, 1.82) is 0 Å². The molecule has 0 spiro atoms. The van der Waals surface area contributed by atoms with E-state index in [4.69, 9.17) is 4.74 Å². The van der Waals surface area contributed by atoms with Gasteiger partial charge in [-0.3, -0.25) is 14.4 Å². The number of amides is 3. The molecule has 0 aliphatic carbocycles. The number of hydrogen-bond acceptors (Lipinski definition) is 4. The van der Waals surface area contributed by atoms with Gasteiger partial charge in [0.15, 0.2) is 0 Å². The van der Waals surface area contributed by atoms with E-state index in [9.17, 15) is 14.4 Å². The van der Waals surface area contributed by atoms with E-state index in [-0.39, 0.29) is 23.6 Å². The maximum Gasteiger partial charge on any atom is 0.251 e. The molecule has 0 bridgehead atoms. The number of ether oxygens (including phenoxy) is 1. The topological polar surface area (TPSA) is 79.0 Å². The van der Waals surface area contributed by atoms with Crippen molar-refractivity contribution in [2.24, 2.45) is 5.92 Å². The highest BCUT2D eigenvalue weighted by Gasteiger charge is 2.35. The van der Waals surface area contributed by atoms with E-state index in [1.165, 1.54) is 0 Å². The number of nitrogens with zero attached hydrogens (tertiary/aromatic N) is 2. The number of methoxy groups -OCH3 is 1. The molecule has 1 saturated heterocycles. The van der Waals surface area contributed by atoms with Gasteiger partial charge < -0.3 is 19.9 Å². The Bertz CT molecular complexity index is 693. The highest BCUT2D eigenvalue weighted by atomic mass is 16.5. The van der Waals surface area contributed by atoms with Crippen LogP contribution in [0.3, 0.4) is 0 Å². The molecule has 7 heteroatoms. The fourth-order valence-electron chi connectivity index (χ4n) is 3.79. The predicted molar refractivity (Wildman–Crippen MR) is 112 cm³/mol. The fraction of sp³-hybridized carbons (Fsp3) is 0.591. The standard InChI is InChI=1S/C22H33N3O4/c1-5-19(26)25-14-12-16(13-15-25)20(22(28)24(6-2)7-3)23-21(27)17-8-10-18(29-4)11-9-17/h8-11,16,20H,5-7,12-15H2,1-4H3,(H,23,27)/t20-/m1/s1. The number of piperidine rings is 1. The molecule has 0 saturated carbocycles. The summed E-state index contributed by atoms with van der Waals surface area (Å²) in [6.45, 7) is 8.17. The second kappa shape index (κ2) is 10.8. The van der Waals surface area contributed by atoms with Crippen molar-refractivity contribution in [1.82, 2.24) is 15.1 Å². The van der Waals surface area contributed by atoms with Gasteiger partial charge in [-0.05, 0) is 56.9 Å². The first-order chi connectivity index (χ1) is 13.9. The van der Waals surface area contributed by atoms with Crippen LogP contribution < -0.4 is 10.1 Å². The minimum absolute atomic E-state index is 0.00574. The number of carbonyl (C=O) groups excluding carboxylic acids is 3. The molecule has 29 heavy (non-hydrogen) atoms. The molecular weight excluding hydrogens is 370 g/mol. The Morgan fingerprint density at radius 3 is 2.17 bits per heavy atom. The van der Waals surface area contributed by atoms with Gasteiger partial charge in [-0.25, -0.2) is 0 Å². The van der Waals surface area contributed by atoms with Crippen LogP contribution in [0.25, 0.3) is 0 Å². The average Bonchev–Trinajstić information content (AvgIpc) is 2.77. The van der Waals surface area contributed by atoms with Gasteiger partial charge in [-0.2, -0.15) is 0 Å². The first-order valence-electron chi connectivity index (χ1n) is 10.5. The lowest BCUT2D eigenvalue weighted by molar-refractivity contribution is -0.135. The molecule has 0 radical (unpaired) electrons. The zero-order chi connectivity index (χ0) is 21.4. The third-order valence-electron chi connectivity index (χ3n) is 5.65. The van der Waals surface area contributed by atoms with Crippen molar-refractivity contribution in [2.45, 2.75) is 46.1 Å². The number of hydrogen-bond donors (Lipinski definition) is 1. The van der Waals surface area contributed by atoms with Crippen LogP contribution in [-0.2, 0) is 9.59 Å². The van der Waals surface area contributed by atoms with Gasteiger partial charge >= 0.3 is 0 Å². The van der Waals surface area contributed by atoms with E-state index in [1.807, 2.05) is 25.7 Å². The summed E-state index contributed by atoms with van der Waals surface area (Å²) in [5.74, 6) is 0.483. The van der Waals surface area contributed by atoms with Gasteiger partial charge in [-0.15, -0.1) is 0 Å². The maximum atomic E-state index is 13.2. The first kappa shape index (κ1) is 22.7. The van der Waals surface area contributed by atoms with Crippen molar-refractivity contribution in [2.75, 3.05) is 33.3 Å². The van der Waals surface area contributed by atoms with Crippen LogP contribution in [0.1, 0.15) is 50.4 Å². The maximum absolute atomic E-state index is 13.2. The largest absolute Gasteiger partial charge is 0.497 e. The SMILES string of the molecule is CCC(=O)N1CCC([C@@H](NC(=O)c2ccc(OC)cc2)C(=O)N(CC)CC)CC1. The number of likely N-dealkylation sites (N-methyl/N-ethyl adjacent to an activating group) is 1. The smallest absolute Gasteiger partial charge is 0.251 e. The zero-order valence-electron chi connectivity index (χ0n) is 17.9. The predicted octanol–water partition coefficient (Wildman–Crippen LogP) is 2.31. The van der Waals surface area contributed by atoms with Crippen LogP contribution in [0.2, 0.25) is 0 Å². The number of nitrogens with one attached hydrogen (secondary N) is 1. The van der Waals surface area contributed by atoms with E-state index in [2.05, 4.69) is 5.32 Å². The van der Waals surface area contributed by atoms with Gasteiger partial charge in [0.1, 0.15) is 11.8 Å². The van der Waals surface area contributed by atoms with Gasteiger partial charge in [0.2, 0.25) is 11.8 Å². The Labute approximate surface area is 173 Å². The van der Waals surface area contributed by atoms with E-state index in [1.54, 1.807) is 36.3 Å². The van der Waals surface area contributed by atoms with Crippen LogP contribution in [0, 0.1) is 5.92 Å². The highest BCUT2D eigenvalue weighted by molar-refractivity contribution is 5.97. The molecule has 1 aromatic carbocycles. The van der Waals surface area contributed by atoms with Crippen LogP contribution in [0.5, 0.6) is 5.75 Å². The lowest BCUT2D eigenvalue weighted by Crippen LogP contribution is -2.54. The first-order valence-corrected chi connectivity index (χ1v) is 10.5. The lowest BCUT2D eigenvalue weighted by Gasteiger charge is -2.37. The summed E-state index contributed by atoms with van der Waals surface area (Å²) in [5, 5.41) is 2.97. The summed E-state index contributed by atoms with van der Waals surface area (Å²) >= 11 is 0. The summed E-state index contributed by atoms with van der Waals surface area (Å²) in [6.07, 6.45) is 1.89. The molecule has 160 valence electrons. The van der Waals surface area contributed by atoms with E-state index < -0.39 is 6.04 Å². The van der Waals surface area contributed by atoms with Crippen LogP contribution in [-0.4, -0.2) is 66.9 Å². The van der Waals surface area contributed by atoms with E-state index in [0.717, 1.165) is 0 Å². The van der Waals surface area contributed by atoms with Gasteiger partial charge in [0, 0.05) is 38.2 Å². The monoisotopic (exact) mass is 403 g/mol. The molecular formula is C22H33N3O4. The molecule has 7 nitrogen and oxygen atoms in total. The highest BCUT2D eigenvalue weighted by Crippen LogP contribution is 2.23. The normalized spacial score (nSPS) is 15.5. The summed E-state index contributed by atoms with van der Waals surface area (Å²) < 4.78 is 5.14. The Morgan fingerprint density at radius 2 is 1.69 bits per heavy atom. The fourth-order valence-corrected chi connectivity index (χ4v) is 3.79. The van der Waals surface area contributed by atoms with Crippen LogP contribution in [0.15, 0.2) is 24.3 Å². The molecule has 1 aromatic rings. The number of rotatable bonds is 8. The Kier molecular flexibility index (Phi) is 8.49. The molecule has 1 atom stereocenters. The van der Waals surface area contributed by atoms with E-state index in [0.29, 0.717) is 56.8 Å². The van der Waals surface area contributed by atoms with Gasteiger partial charge in [0.05, 0.1) is 7.11 Å². The summed E-state index contributed by atoms with van der Waals surface area (Å²) in [7, 11) is 1.57. The number of carbonyl (C=O) groups is 3. The summed E-state index contributed by atoms with van der Waals surface area (Å²) in [6, 6.07) is 6.24. The number of benzene rings is 1.